The molecule has 0 radical (unpaired) electrons. The zero-order chi connectivity index (χ0) is 14.0. The number of para-hydroxylation sites is 1. The van der Waals surface area contributed by atoms with E-state index in [9.17, 15) is 4.79 Å². The van der Waals surface area contributed by atoms with E-state index in [2.05, 4.69) is 30.9 Å². The number of rotatable bonds is 3. The Morgan fingerprint density at radius 1 is 1.26 bits per heavy atom. The van der Waals surface area contributed by atoms with Gasteiger partial charge in [0, 0.05) is 25.8 Å². The van der Waals surface area contributed by atoms with E-state index in [1.807, 2.05) is 6.07 Å². The molecule has 1 heterocycles. The summed E-state index contributed by atoms with van der Waals surface area (Å²) in [5.41, 5.74) is 3.57. The highest BCUT2D eigenvalue weighted by Crippen LogP contribution is 2.34. The second-order valence-corrected chi connectivity index (χ2v) is 5.04. The average molecular weight is 263 g/mol. The highest BCUT2D eigenvalue weighted by Gasteiger charge is 2.37. The molecule has 1 aromatic carbocycles. The number of hydrogen-bond acceptors (Lipinski definition) is 4. The summed E-state index contributed by atoms with van der Waals surface area (Å²) in [6.45, 7) is 4.82. The van der Waals surface area contributed by atoms with Gasteiger partial charge in [-0.25, -0.2) is 0 Å². The summed E-state index contributed by atoms with van der Waals surface area (Å²) in [6, 6.07) is 6.21. The molecule has 1 fully saturated rings. The van der Waals surface area contributed by atoms with Gasteiger partial charge in [-0.05, 0) is 25.0 Å². The standard InChI is InChI=1S/C15H21NO3/c1-10-6-5-7-11(2)14(10)16-9-12(15(17)19-4)8-13(16)18-3/h5-7,12-13H,8-9H2,1-4H3. The zero-order valence-electron chi connectivity index (χ0n) is 12.0. The number of benzene rings is 1. The normalized spacial score (nSPS) is 22.6. The molecule has 0 spiro atoms. The molecule has 19 heavy (non-hydrogen) atoms. The van der Waals surface area contributed by atoms with Gasteiger partial charge in [0.25, 0.3) is 0 Å². The first-order chi connectivity index (χ1) is 9.08. The van der Waals surface area contributed by atoms with Gasteiger partial charge in [-0.1, -0.05) is 18.2 Å². The van der Waals surface area contributed by atoms with Crippen LogP contribution in [-0.2, 0) is 14.3 Å². The molecule has 1 aliphatic rings. The largest absolute Gasteiger partial charge is 0.469 e. The molecular formula is C15H21NO3. The first kappa shape index (κ1) is 13.9. The second-order valence-electron chi connectivity index (χ2n) is 5.04. The van der Waals surface area contributed by atoms with Crippen LogP contribution in [0.1, 0.15) is 17.5 Å². The van der Waals surface area contributed by atoms with Crippen molar-refractivity contribution in [1.82, 2.24) is 0 Å². The molecule has 1 saturated heterocycles. The Morgan fingerprint density at radius 2 is 1.89 bits per heavy atom. The molecular weight excluding hydrogens is 242 g/mol. The lowest BCUT2D eigenvalue weighted by molar-refractivity contribution is -0.145. The van der Waals surface area contributed by atoms with Crippen molar-refractivity contribution in [3.05, 3.63) is 29.3 Å². The molecule has 0 N–H and O–H groups in total. The maximum Gasteiger partial charge on any atom is 0.310 e. The molecule has 0 saturated carbocycles. The van der Waals surface area contributed by atoms with Gasteiger partial charge in [-0.3, -0.25) is 4.79 Å². The minimum atomic E-state index is -0.157. The quantitative estimate of drug-likeness (QED) is 0.784. The van der Waals surface area contributed by atoms with Crippen molar-refractivity contribution >= 4 is 11.7 Å². The number of hydrogen-bond donors (Lipinski definition) is 0. The third-order valence-corrected chi connectivity index (χ3v) is 3.78. The summed E-state index contributed by atoms with van der Waals surface area (Å²) < 4.78 is 10.4. The molecule has 2 unspecified atom stereocenters. The van der Waals surface area contributed by atoms with Gasteiger partial charge in [0.05, 0.1) is 13.0 Å². The van der Waals surface area contributed by atoms with Crippen LogP contribution in [0.2, 0.25) is 0 Å². The SMILES string of the molecule is COC(=O)C1CC(OC)N(c2c(C)cccc2C)C1. The van der Waals surface area contributed by atoms with Crippen molar-refractivity contribution in [3.63, 3.8) is 0 Å². The van der Waals surface area contributed by atoms with E-state index in [0.29, 0.717) is 13.0 Å². The predicted octanol–water partition coefficient (Wildman–Crippen LogP) is 2.28. The summed E-state index contributed by atoms with van der Waals surface area (Å²) in [7, 11) is 3.12. The van der Waals surface area contributed by atoms with Crippen molar-refractivity contribution in [2.24, 2.45) is 5.92 Å². The van der Waals surface area contributed by atoms with Crippen LogP contribution in [0.15, 0.2) is 18.2 Å². The number of nitrogens with zero attached hydrogens (tertiary/aromatic N) is 1. The van der Waals surface area contributed by atoms with Crippen LogP contribution < -0.4 is 4.90 Å². The Kier molecular flexibility index (Phi) is 4.10. The first-order valence-corrected chi connectivity index (χ1v) is 6.52. The number of aryl methyl sites for hydroxylation is 2. The van der Waals surface area contributed by atoms with Gasteiger partial charge >= 0.3 is 5.97 Å². The highest BCUT2D eigenvalue weighted by atomic mass is 16.5. The molecule has 0 aromatic heterocycles. The van der Waals surface area contributed by atoms with Gasteiger partial charge < -0.3 is 14.4 Å². The van der Waals surface area contributed by atoms with E-state index < -0.39 is 0 Å². The third kappa shape index (κ3) is 2.59. The Hall–Kier alpha value is -1.55. The first-order valence-electron chi connectivity index (χ1n) is 6.52. The number of anilines is 1. The Balaban J connectivity index is 2.30. The minimum Gasteiger partial charge on any atom is -0.469 e. The third-order valence-electron chi connectivity index (χ3n) is 3.78. The molecule has 1 aliphatic heterocycles. The van der Waals surface area contributed by atoms with Crippen molar-refractivity contribution in [1.29, 1.82) is 0 Å². The molecule has 4 heteroatoms. The van der Waals surface area contributed by atoms with E-state index >= 15 is 0 Å². The highest BCUT2D eigenvalue weighted by molar-refractivity contribution is 5.75. The summed E-state index contributed by atoms with van der Waals surface area (Å²) in [6.07, 6.45) is 0.612. The molecule has 104 valence electrons. The average Bonchev–Trinajstić information content (AvgIpc) is 2.81. The van der Waals surface area contributed by atoms with Crippen molar-refractivity contribution in [2.75, 3.05) is 25.7 Å². The predicted molar refractivity (Wildman–Crippen MR) is 74.2 cm³/mol. The molecule has 4 nitrogen and oxygen atoms in total. The van der Waals surface area contributed by atoms with Crippen molar-refractivity contribution in [3.8, 4) is 0 Å². The lowest BCUT2D eigenvalue weighted by Crippen LogP contribution is -2.32. The fourth-order valence-corrected chi connectivity index (χ4v) is 2.86. The molecule has 0 amide bonds. The van der Waals surface area contributed by atoms with Gasteiger partial charge in [0.15, 0.2) is 0 Å². The van der Waals surface area contributed by atoms with E-state index in [1.54, 1.807) is 7.11 Å². The molecule has 1 aromatic rings. The van der Waals surface area contributed by atoms with E-state index in [-0.39, 0.29) is 18.1 Å². The van der Waals surface area contributed by atoms with Crippen molar-refractivity contribution in [2.45, 2.75) is 26.5 Å². The van der Waals surface area contributed by atoms with Crippen LogP contribution in [-0.4, -0.2) is 33.0 Å². The van der Waals surface area contributed by atoms with Crippen LogP contribution >= 0.6 is 0 Å². The monoisotopic (exact) mass is 263 g/mol. The van der Waals surface area contributed by atoms with Gasteiger partial charge in [-0.2, -0.15) is 0 Å². The van der Waals surface area contributed by atoms with Crippen molar-refractivity contribution < 1.29 is 14.3 Å². The van der Waals surface area contributed by atoms with Crippen LogP contribution in [0.25, 0.3) is 0 Å². The Labute approximate surface area is 114 Å². The van der Waals surface area contributed by atoms with Crippen LogP contribution in [0, 0.1) is 19.8 Å². The number of carbonyl (C=O) groups excluding carboxylic acids is 1. The number of methoxy groups -OCH3 is 2. The number of ether oxygens (including phenoxy) is 2. The molecule has 0 aliphatic carbocycles. The number of esters is 1. The van der Waals surface area contributed by atoms with Gasteiger partial charge in [-0.15, -0.1) is 0 Å². The lowest BCUT2D eigenvalue weighted by Gasteiger charge is -2.28. The maximum absolute atomic E-state index is 11.7. The lowest BCUT2D eigenvalue weighted by atomic mass is 10.1. The van der Waals surface area contributed by atoms with Gasteiger partial charge in [0.2, 0.25) is 0 Å². The summed E-state index contributed by atoms with van der Waals surface area (Å²) in [5.74, 6) is -0.273. The number of carbonyl (C=O) groups is 1. The molecule has 2 atom stereocenters. The van der Waals surface area contributed by atoms with Crippen LogP contribution in [0.3, 0.4) is 0 Å². The summed E-state index contributed by atoms with van der Waals surface area (Å²) in [4.78, 5) is 13.9. The fourth-order valence-electron chi connectivity index (χ4n) is 2.86. The van der Waals surface area contributed by atoms with E-state index in [1.165, 1.54) is 23.9 Å². The Bertz CT molecular complexity index is 452. The summed E-state index contributed by atoms with van der Waals surface area (Å²) in [5, 5.41) is 0. The van der Waals surface area contributed by atoms with Crippen LogP contribution in [0.5, 0.6) is 0 Å². The minimum absolute atomic E-state index is 0.0658. The van der Waals surface area contributed by atoms with Crippen LogP contribution in [0.4, 0.5) is 5.69 Å². The zero-order valence-corrected chi connectivity index (χ0v) is 12.0. The Morgan fingerprint density at radius 3 is 2.42 bits per heavy atom. The smallest absolute Gasteiger partial charge is 0.310 e. The second kappa shape index (κ2) is 5.61. The molecule has 2 rings (SSSR count). The van der Waals surface area contributed by atoms with E-state index in [4.69, 9.17) is 9.47 Å². The topological polar surface area (TPSA) is 38.8 Å². The maximum atomic E-state index is 11.7. The van der Waals surface area contributed by atoms with E-state index in [0.717, 1.165) is 0 Å². The fraction of sp³-hybridized carbons (Fsp3) is 0.533. The van der Waals surface area contributed by atoms with Gasteiger partial charge in [0.1, 0.15) is 6.23 Å². The molecule has 0 bridgehead atoms. The summed E-state index contributed by atoms with van der Waals surface area (Å²) >= 11 is 0.